The van der Waals surface area contributed by atoms with Crippen molar-refractivity contribution in [1.29, 1.82) is 0 Å². The van der Waals surface area contributed by atoms with Gasteiger partial charge in [0.25, 0.3) is 5.91 Å². The highest BCUT2D eigenvalue weighted by Crippen LogP contribution is 2.25. The van der Waals surface area contributed by atoms with Gasteiger partial charge in [-0.25, -0.2) is 4.98 Å². The Hall–Kier alpha value is -2.36. The SMILES string of the molecule is CC1CCCC(NC(=O)c2cccnc2Oc2ccccc2)C1. The molecule has 1 N–H and O–H groups in total. The van der Waals surface area contributed by atoms with Gasteiger partial charge < -0.3 is 10.1 Å². The van der Waals surface area contributed by atoms with Gasteiger partial charge in [-0.15, -0.1) is 0 Å². The van der Waals surface area contributed by atoms with Crippen molar-refractivity contribution in [2.45, 2.75) is 38.6 Å². The van der Waals surface area contributed by atoms with Gasteiger partial charge >= 0.3 is 0 Å². The van der Waals surface area contributed by atoms with Crippen LogP contribution in [0.2, 0.25) is 0 Å². The second-order valence-corrected chi connectivity index (χ2v) is 6.21. The number of nitrogens with one attached hydrogen (secondary N) is 1. The molecule has 23 heavy (non-hydrogen) atoms. The fraction of sp³-hybridized carbons (Fsp3) is 0.368. The molecule has 1 amide bonds. The fourth-order valence-corrected chi connectivity index (χ4v) is 3.07. The first-order valence-corrected chi connectivity index (χ1v) is 8.21. The summed E-state index contributed by atoms with van der Waals surface area (Å²) in [5, 5.41) is 3.13. The fourth-order valence-electron chi connectivity index (χ4n) is 3.07. The molecular formula is C19H22N2O2. The Labute approximate surface area is 136 Å². The van der Waals surface area contributed by atoms with Crippen LogP contribution in [0.4, 0.5) is 0 Å². The summed E-state index contributed by atoms with van der Waals surface area (Å²) < 4.78 is 5.77. The third-order valence-corrected chi connectivity index (χ3v) is 4.25. The van der Waals surface area contributed by atoms with Crippen LogP contribution in [0.15, 0.2) is 48.7 Å². The molecule has 120 valence electrons. The summed E-state index contributed by atoms with van der Waals surface area (Å²) in [7, 11) is 0. The second-order valence-electron chi connectivity index (χ2n) is 6.21. The maximum absolute atomic E-state index is 12.6. The molecular weight excluding hydrogens is 288 g/mol. The average molecular weight is 310 g/mol. The van der Waals surface area contributed by atoms with Crippen molar-refractivity contribution in [2.75, 3.05) is 0 Å². The number of rotatable bonds is 4. The maximum atomic E-state index is 12.6. The second kappa shape index (κ2) is 7.27. The lowest BCUT2D eigenvalue weighted by molar-refractivity contribution is 0.0918. The van der Waals surface area contributed by atoms with E-state index in [-0.39, 0.29) is 11.9 Å². The van der Waals surface area contributed by atoms with Crippen LogP contribution in [0.1, 0.15) is 43.0 Å². The van der Waals surface area contributed by atoms with Crippen molar-refractivity contribution in [1.82, 2.24) is 10.3 Å². The van der Waals surface area contributed by atoms with E-state index >= 15 is 0 Å². The van der Waals surface area contributed by atoms with Crippen molar-refractivity contribution in [3.05, 3.63) is 54.2 Å². The molecule has 1 aliphatic rings. The highest BCUT2D eigenvalue weighted by atomic mass is 16.5. The predicted octanol–water partition coefficient (Wildman–Crippen LogP) is 4.18. The molecule has 1 heterocycles. The van der Waals surface area contributed by atoms with Crippen LogP contribution in [-0.4, -0.2) is 16.9 Å². The van der Waals surface area contributed by atoms with Crippen LogP contribution in [0.25, 0.3) is 0 Å². The van der Waals surface area contributed by atoms with E-state index in [1.165, 1.54) is 12.8 Å². The number of nitrogens with zero attached hydrogens (tertiary/aromatic N) is 1. The number of hydrogen-bond donors (Lipinski definition) is 1. The molecule has 4 heteroatoms. The van der Waals surface area contributed by atoms with Gasteiger partial charge in [0, 0.05) is 12.2 Å². The lowest BCUT2D eigenvalue weighted by Gasteiger charge is -2.27. The first-order valence-electron chi connectivity index (χ1n) is 8.21. The minimum Gasteiger partial charge on any atom is -0.438 e. The van der Waals surface area contributed by atoms with Gasteiger partial charge in [0.2, 0.25) is 5.88 Å². The summed E-state index contributed by atoms with van der Waals surface area (Å²) in [6.45, 7) is 2.24. The van der Waals surface area contributed by atoms with Crippen LogP contribution in [-0.2, 0) is 0 Å². The lowest BCUT2D eigenvalue weighted by atomic mass is 9.87. The smallest absolute Gasteiger partial charge is 0.257 e. The number of carbonyl (C=O) groups is 1. The van der Waals surface area contributed by atoms with Gasteiger partial charge in [-0.2, -0.15) is 0 Å². The molecule has 4 nitrogen and oxygen atoms in total. The molecule has 3 rings (SSSR count). The molecule has 1 aromatic heterocycles. The van der Waals surface area contributed by atoms with E-state index in [0.29, 0.717) is 23.1 Å². The van der Waals surface area contributed by atoms with Crippen LogP contribution in [0.5, 0.6) is 11.6 Å². The quantitative estimate of drug-likeness (QED) is 0.921. The number of hydrogen-bond acceptors (Lipinski definition) is 3. The Morgan fingerprint density at radius 1 is 1.17 bits per heavy atom. The number of aromatic nitrogens is 1. The summed E-state index contributed by atoms with van der Waals surface area (Å²) in [4.78, 5) is 16.8. The molecule has 0 radical (unpaired) electrons. The van der Waals surface area contributed by atoms with Gasteiger partial charge in [0.1, 0.15) is 11.3 Å². The third kappa shape index (κ3) is 4.09. The summed E-state index contributed by atoms with van der Waals surface area (Å²) in [5.74, 6) is 1.58. The summed E-state index contributed by atoms with van der Waals surface area (Å²) in [6.07, 6.45) is 6.15. The largest absolute Gasteiger partial charge is 0.438 e. The highest BCUT2D eigenvalue weighted by molar-refractivity contribution is 5.96. The number of amides is 1. The standard InChI is InChI=1S/C19H22N2O2/c1-14-7-5-8-15(13-14)21-18(22)17-11-6-12-20-19(17)23-16-9-3-2-4-10-16/h2-4,6,9-12,14-15H,5,7-8,13H2,1H3,(H,21,22). The van der Waals surface area contributed by atoms with Gasteiger partial charge in [0.05, 0.1) is 0 Å². The highest BCUT2D eigenvalue weighted by Gasteiger charge is 2.22. The van der Waals surface area contributed by atoms with Crippen molar-refractivity contribution < 1.29 is 9.53 Å². The van der Waals surface area contributed by atoms with Crippen LogP contribution >= 0.6 is 0 Å². The van der Waals surface area contributed by atoms with Crippen molar-refractivity contribution in [3.63, 3.8) is 0 Å². The zero-order valence-corrected chi connectivity index (χ0v) is 13.4. The third-order valence-electron chi connectivity index (χ3n) is 4.25. The average Bonchev–Trinajstić information content (AvgIpc) is 2.56. The molecule has 1 aromatic carbocycles. The number of para-hydroxylation sites is 1. The number of ether oxygens (including phenoxy) is 1. The molecule has 2 aromatic rings. The lowest BCUT2D eigenvalue weighted by Crippen LogP contribution is -2.38. The van der Waals surface area contributed by atoms with Gasteiger partial charge in [0.15, 0.2) is 0 Å². The molecule has 1 aliphatic carbocycles. The Bertz CT molecular complexity index is 657. The van der Waals surface area contributed by atoms with Crippen LogP contribution in [0.3, 0.4) is 0 Å². The summed E-state index contributed by atoms with van der Waals surface area (Å²) >= 11 is 0. The van der Waals surface area contributed by atoms with E-state index in [9.17, 15) is 4.79 Å². The van der Waals surface area contributed by atoms with E-state index in [1.807, 2.05) is 30.3 Å². The van der Waals surface area contributed by atoms with E-state index in [2.05, 4.69) is 17.2 Å². The van der Waals surface area contributed by atoms with E-state index < -0.39 is 0 Å². The van der Waals surface area contributed by atoms with Crippen LogP contribution in [0, 0.1) is 5.92 Å². The molecule has 1 fully saturated rings. The number of pyridine rings is 1. The molecule has 0 saturated heterocycles. The van der Waals surface area contributed by atoms with Gasteiger partial charge in [-0.1, -0.05) is 38.0 Å². The molecule has 0 spiro atoms. The molecule has 2 unspecified atom stereocenters. The molecule has 0 bridgehead atoms. The first kappa shape index (κ1) is 15.5. The maximum Gasteiger partial charge on any atom is 0.257 e. The Balaban J connectivity index is 1.73. The van der Waals surface area contributed by atoms with E-state index in [0.717, 1.165) is 12.8 Å². The van der Waals surface area contributed by atoms with Crippen molar-refractivity contribution in [2.24, 2.45) is 5.92 Å². The minimum absolute atomic E-state index is 0.108. The van der Waals surface area contributed by atoms with E-state index in [1.54, 1.807) is 18.3 Å². The zero-order chi connectivity index (χ0) is 16.1. The zero-order valence-electron chi connectivity index (χ0n) is 13.4. The first-order chi connectivity index (χ1) is 11.2. The topological polar surface area (TPSA) is 51.2 Å². The Morgan fingerprint density at radius 3 is 2.78 bits per heavy atom. The summed E-state index contributed by atoms with van der Waals surface area (Å²) in [5.41, 5.74) is 0.481. The van der Waals surface area contributed by atoms with Crippen LogP contribution < -0.4 is 10.1 Å². The minimum atomic E-state index is -0.108. The Morgan fingerprint density at radius 2 is 2.00 bits per heavy atom. The molecule has 0 aliphatic heterocycles. The van der Waals surface area contributed by atoms with E-state index in [4.69, 9.17) is 4.74 Å². The molecule has 1 saturated carbocycles. The Kier molecular flexibility index (Phi) is 4.91. The summed E-state index contributed by atoms with van der Waals surface area (Å²) in [6, 6.07) is 13.2. The molecule has 2 atom stereocenters. The van der Waals surface area contributed by atoms with Gasteiger partial charge in [-0.05, 0) is 43.0 Å². The predicted molar refractivity (Wildman–Crippen MR) is 89.6 cm³/mol. The number of carbonyl (C=O) groups excluding carboxylic acids is 1. The van der Waals surface area contributed by atoms with Crippen molar-refractivity contribution in [3.8, 4) is 11.6 Å². The van der Waals surface area contributed by atoms with Gasteiger partial charge in [-0.3, -0.25) is 4.79 Å². The monoisotopic (exact) mass is 310 g/mol. The normalized spacial score (nSPS) is 20.7. The van der Waals surface area contributed by atoms with Crippen molar-refractivity contribution >= 4 is 5.91 Å². The number of benzene rings is 1.